The van der Waals surface area contributed by atoms with Crippen LogP contribution in [0.2, 0.25) is 5.02 Å². The van der Waals surface area contributed by atoms with Crippen molar-refractivity contribution in [2.45, 2.75) is 11.1 Å². The first kappa shape index (κ1) is 23.8. The van der Waals surface area contributed by atoms with Crippen LogP contribution in [0.4, 0.5) is 24.5 Å². The van der Waals surface area contributed by atoms with E-state index in [0.717, 1.165) is 12.1 Å². The van der Waals surface area contributed by atoms with Gasteiger partial charge in [-0.2, -0.15) is 13.2 Å². The smallest absolute Gasteiger partial charge is 0.362 e. The van der Waals surface area contributed by atoms with Crippen molar-refractivity contribution in [3.05, 3.63) is 63.2 Å². The van der Waals surface area contributed by atoms with Gasteiger partial charge in [0.05, 0.1) is 15.4 Å². The molecule has 172 valence electrons. The van der Waals surface area contributed by atoms with E-state index in [9.17, 15) is 36.5 Å². The Kier molecular flexibility index (Phi) is 6.65. The summed E-state index contributed by atoms with van der Waals surface area (Å²) >= 11 is 5.74. The van der Waals surface area contributed by atoms with Gasteiger partial charge in [0.25, 0.3) is 5.69 Å². The minimum Gasteiger partial charge on any atom is -0.362 e. The van der Waals surface area contributed by atoms with E-state index in [0.29, 0.717) is 11.1 Å². The van der Waals surface area contributed by atoms with E-state index >= 15 is 0 Å². The fourth-order valence-electron chi connectivity index (χ4n) is 3.29. The third-order valence-corrected chi connectivity index (χ3v) is 6.83. The van der Waals surface area contributed by atoms with Gasteiger partial charge in [-0.05, 0) is 36.4 Å². The lowest BCUT2D eigenvalue weighted by Gasteiger charge is -2.35. The highest BCUT2D eigenvalue weighted by atomic mass is 35.5. The Morgan fingerprint density at radius 3 is 2.19 bits per heavy atom. The lowest BCUT2D eigenvalue weighted by Crippen LogP contribution is -2.50. The maximum Gasteiger partial charge on any atom is 0.416 e. The van der Waals surface area contributed by atoms with Gasteiger partial charge in [-0.15, -0.1) is 0 Å². The van der Waals surface area contributed by atoms with Gasteiger partial charge in [-0.1, -0.05) is 11.6 Å². The number of hydrogen-bond acceptors (Lipinski definition) is 6. The van der Waals surface area contributed by atoms with Crippen molar-refractivity contribution in [3.8, 4) is 0 Å². The number of sulfone groups is 1. The van der Waals surface area contributed by atoms with Gasteiger partial charge >= 0.3 is 6.18 Å². The van der Waals surface area contributed by atoms with Gasteiger partial charge in [0.1, 0.15) is 11.4 Å². The zero-order chi connectivity index (χ0) is 23.7. The molecule has 3 rings (SSSR count). The van der Waals surface area contributed by atoms with Crippen LogP contribution in [-0.2, 0) is 20.8 Å². The fourth-order valence-corrected chi connectivity index (χ4v) is 4.64. The number of alkyl halides is 3. The predicted molar refractivity (Wildman–Crippen MR) is 110 cm³/mol. The molecule has 1 saturated heterocycles. The standard InChI is InChI=1S/C19H17ClF3N3O5S/c20-14-2-4-15(5-3-14)32(30,31)12-18(27)25-9-7-24(8-10-25)16-6-1-13(19(21,22)23)11-17(16)26(28)29/h1-6,11H,7-10,12H2. The van der Waals surface area contributed by atoms with Gasteiger partial charge < -0.3 is 9.80 Å². The van der Waals surface area contributed by atoms with E-state index in [2.05, 4.69) is 0 Å². The molecule has 1 aliphatic heterocycles. The zero-order valence-electron chi connectivity index (χ0n) is 16.4. The average molecular weight is 492 g/mol. The van der Waals surface area contributed by atoms with Crippen LogP contribution in [0, 0.1) is 10.1 Å². The first-order chi connectivity index (χ1) is 14.9. The van der Waals surface area contributed by atoms with Crippen molar-refractivity contribution in [2.75, 3.05) is 36.8 Å². The molecule has 8 nitrogen and oxygen atoms in total. The molecule has 32 heavy (non-hydrogen) atoms. The molecule has 0 aliphatic carbocycles. The summed E-state index contributed by atoms with van der Waals surface area (Å²) in [6.45, 7) is 0.318. The van der Waals surface area contributed by atoms with E-state index < -0.39 is 43.8 Å². The predicted octanol–water partition coefficient (Wildman–Crippen LogP) is 3.39. The number of amides is 1. The highest BCUT2D eigenvalue weighted by Gasteiger charge is 2.34. The third kappa shape index (κ3) is 5.30. The second-order valence-electron chi connectivity index (χ2n) is 7.04. The van der Waals surface area contributed by atoms with Crippen LogP contribution >= 0.6 is 11.6 Å². The van der Waals surface area contributed by atoms with Crippen LogP contribution in [0.5, 0.6) is 0 Å². The summed E-state index contributed by atoms with van der Waals surface area (Å²) in [6, 6.07) is 7.66. The molecule has 0 spiro atoms. The molecule has 0 atom stereocenters. The van der Waals surface area contributed by atoms with Crippen molar-refractivity contribution in [1.82, 2.24) is 4.90 Å². The molecular weight excluding hydrogens is 475 g/mol. The van der Waals surface area contributed by atoms with Crippen LogP contribution in [0.15, 0.2) is 47.4 Å². The summed E-state index contributed by atoms with van der Waals surface area (Å²) in [5.41, 5.74) is -1.82. The average Bonchev–Trinajstić information content (AvgIpc) is 2.72. The van der Waals surface area contributed by atoms with Crippen LogP contribution in [0.3, 0.4) is 0 Å². The monoisotopic (exact) mass is 491 g/mol. The number of nitro groups is 1. The Balaban J connectivity index is 1.69. The van der Waals surface area contributed by atoms with Crippen LogP contribution in [0.1, 0.15) is 5.56 Å². The quantitative estimate of drug-likeness (QED) is 0.469. The molecule has 1 heterocycles. The fraction of sp³-hybridized carbons (Fsp3) is 0.316. The van der Waals surface area contributed by atoms with Crippen LogP contribution in [0.25, 0.3) is 0 Å². The second-order valence-corrected chi connectivity index (χ2v) is 9.47. The number of piperazine rings is 1. The molecule has 0 N–H and O–H groups in total. The van der Waals surface area contributed by atoms with Crippen molar-refractivity contribution >= 4 is 38.7 Å². The van der Waals surface area contributed by atoms with Crippen molar-refractivity contribution in [2.24, 2.45) is 0 Å². The lowest BCUT2D eigenvalue weighted by atomic mass is 10.1. The Hall–Kier alpha value is -2.86. The van der Waals surface area contributed by atoms with Crippen molar-refractivity contribution in [3.63, 3.8) is 0 Å². The van der Waals surface area contributed by atoms with Crippen molar-refractivity contribution < 1.29 is 31.3 Å². The molecule has 1 amide bonds. The molecule has 0 radical (unpaired) electrons. The van der Waals surface area contributed by atoms with Gasteiger partial charge in [0.2, 0.25) is 5.91 Å². The van der Waals surface area contributed by atoms with Crippen LogP contribution in [-0.4, -0.2) is 56.1 Å². The van der Waals surface area contributed by atoms with Crippen molar-refractivity contribution in [1.29, 1.82) is 0 Å². The zero-order valence-corrected chi connectivity index (χ0v) is 18.0. The Morgan fingerprint density at radius 2 is 1.66 bits per heavy atom. The maximum atomic E-state index is 12.9. The number of nitrogens with zero attached hydrogens (tertiary/aromatic N) is 3. The molecule has 0 saturated carbocycles. The lowest BCUT2D eigenvalue weighted by molar-refractivity contribution is -0.384. The number of anilines is 1. The molecule has 1 aliphatic rings. The van der Waals surface area contributed by atoms with Gasteiger partial charge in [0.15, 0.2) is 9.84 Å². The van der Waals surface area contributed by atoms with Gasteiger partial charge in [-0.25, -0.2) is 8.42 Å². The Labute approximate surface area is 186 Å². The number of hydrogen-bond donors (Lipinski definition) is 0. The van der Waals surface area contributed by atoms with E-state index in [4.69, 9.17) is 11.6 Å². The van der Waals surface area contributed by atoms with Gasteiger partial charge in [0, 0.05) is 37.3 Å². The normalized spacial score (nSPS) is 15.0. The van der Waals surface area contributed by atoms with Crippen LogP contribution < -0.4 is 4.90 Å². The minimum atomic E-state index is -4.72. The topological polar surface area (TPSA) is 101 Å². The molecule has 2 aromatic rings. The number of halogens is 4. The van der Waals surface area contributed by atoms with E-state index in [1.54, 1.807) is 0 Å². The number of carbonyl (C=O) groups excluding carboxylic acids is 1. The summed E-state index contributed by atoms with van der Waals surface area (Å²) in [6.07, 6.45) is -4.72. The number of benzene rings is 2. The maximum absolute atomic E-state index is 12.9. The molecule has 1 fully saturated rings. The summed E-state index contributed by atoms with van der Waals surface area (Å²) in [4.78, 5) is 25.7. The summed E-state index contributed by atoms with van der Waals surface area (Å²) in [5.74, 6) is -1.39. The summed E-state index contributed by atoms with van der Waals surface area (Å²) in [5, 5.41) is 11.7. The SMILES string of the molecule is O=C(CS(=O)(=O)c1ccc(Cl)cc1)N1CCN(c2ccc(C(F)(F)F)cc2[N+](=O)[O-])CC1. The highest BCUT2D eigenvalue weighted by molar-refractivity contribution is 7.92. The minimum absolute atomic E-state index is 0.00360. The first-order valence-corrected chi connectivity index (χ1v) is 11.3. The first-order valence-electron chi connectivity index (χ1n) is 9.25. The number of nitro benzene ring substituents is 1. The second kappa shape index (κ2) is 8.94. The molecule has 13 heteroatoms. The number of rotatable bonds is 5. The molecule has 2 aromatic carbocycles. The molecule has 0 unspecified atom stereocenters. The summed E-state index contributed by atoms with van der Waals surface area (Å²) in [7, 11) is -3.89. The largest absolute Gasteiger partial charge is 0.416 e. The Morgan fingerprint density at radius 1 is 1.06 bits per heavy atom. The van der Waals surface area contributed by atoms with E-state index in [1.165, 1.54) is 34.1 Å². The summed E-state index contributed by atoms with van der Waals surface area (Å²) < 4.78 is 63.6. The highest BCUT2D eigenvalue weighted by Crippen LogP contribution is 2.36. The van der Waals surface area contributed by atoms with E-state index in [-0.39, 0.29) is 36.8 Å². The van der Waals surface area contributed by atoms with E-state index in [1.807, 2.05) is 0 Å². The Bertz CT molecular complexity index is 1130. The molecular formula is C19H17ClF3N3O5S. The molecule has 0 bridgehead atoms. The number of carbonyl (C=O) groups is 1. The third-order valence-electron chi connectivity index (χ3n) is 4.96. The van der Waals surface area contributed by atoms with Gasteiger partial charge in [-0.3, -0.25) is 14.9 Å². The molecule has 0 aromatic heterocycles.